The van der Waals surface area contributed by atoms with Gasteiger partial charge >= 0.3 is 0 Å². The average molecular weight is 385 g/mol. The number of ether oxygens (including phenoxy) is 3. The molecule has 1 N–H and O–H groups in total. The maximum Gasteiger partial charge on any atom is 0.255 e. The van der Waals surface area contributed by atoms with Gasteiger partial charge in [-0.15, -0.1) is 0 Å². The van der Waals surface area contributed by atoms with E-state index in [1.54, 1.807) is 56.7 Å². The maximum atomic E-state index is 12.5. The van der Waals surface area contributed by atoms with Crippen LogP contribution in [0.1, 0.15) is 21.7 Å². The third-order valence-electron chi connectivity index (χ3n) is 3.86. The molecule has 0 aliphatic rings. The van der Waals surface area contributed by atoms with Gasteiger partial charge < -0.3 is 19.5 Å². The molecule has 8 heteroatoms. The molecular formula is C19H19N3O4S. The third-order valence-corrected chi connectivity index (χ3v) is 4.52. The topological polar surface area (TPSA) is 82.6 Å². The first-order chi connectivity index (χ1) is 13.1. The van der Waals surface area contributed by atoms with Crippen molar-refractivity contribution in [3.8, 4) is 17.2 Å². The molecule has 0 atom stereocenters. The van der Waals surface area contributed by atoms with Gasteiger partial charge in [-0.2, -0.15) is 8.75 Å². The van der Waals surface area contributed by atoms with Crippen LogP contribution in [-0.2, 0) is 6.61 Å². The number of aryl methyl sites for hydroxylation is 1. The summed E-state index contributed by atoms with van der Waals surface area (Å²) in [4.78, 5) is 12.5. The molecule has 27 heavy (non-hydrogen) atoms. The van der Waals surface area contributed by atoms with Crippen LogP contribution in [0, 0.1) is 6.92 Å². The number of hydrogen-bond acceptors (Lipinski definition) is 7. The first-order valence-corrected chi connectivity index (χ1v) is 8.88. The minimum Gasteiger partial charge on any atom is -0.493 e. The fraction of sp³-hybridized carbons (Fsp3) is 0.211. The summed E-state index contributed by atoms with van der Waals surface area (Å²) in [5.74, 6) is 1.47. The van der Waals surface area contributed by atoms with Crippen LogP contribution in [0.3, 0.4) is 0 Å². The lowest BCUT2D eigenvalue weighted by Gasteiger charge is -2.11. The SMILES string of the molecule is COc1ccc(NC(=O)c2cccc(OCc3nsnc3C)c2)cc1OC. The lowest BCUT2D eigenvalue weighted by molar-refractivity contribution is 0.102. The fourth-order valence-electron chi connectivity index (χ4n) is 2.38. The summed E-state index contributed by atoms with van der Waals surface area (Å²) in [6.07, 6.45) is 0. The second-order valence-electron chi connectivity index (χ2n) is 5.64. The molecule has 0 aliphatic carbocycles. The summed E-state index contributed by atoms with van der Waals surface area (Å²) in [5, 5.41) is 2.84. The summed E-state index contributed by atoms with van der Waals surface area (Å²) >= 11 is 1.15. The van der Waals surface area contributed by atoms with Gasteiger partial charge in [-0.05, 0) is 37.3 Å². The molecule has 0 fully saturated rings. The molecule has 0 bridgehead atoms. The van der Waals surface area contributed by atoms with Gasteiger partial charge in [0.15, 0.2) is 11.5 Å². The van der Waals surface area contributed by atoms with E-state index in [2.05, 4.69) is 14.1 Å². The Morgan fingerprint density at radius 2 is 1.89 bits per heavy atom. The van der Waals surface area contributed by atoms with Crippen LogP contribution >= 0.6 is 11.7 Å². The number of carbonyl (C=O) groups excluding carboxylic acids is 1. The Morgan fingerprint density at radius 1 is 1.07 bits per heavy atom. The normalized spacial score (nSPS) is 10.3. The van der Waals surface area contributed by atoms with Crippen LogP contribution in [0.25, 0.3) is 0 Å². The molecule has 2 aromatic carbocycles. The van der Waals surface area contributed by atoms with E-state index in [4.69, 9.17) is 14.2 Å². The van der Waals surface area contributed by atoms with Gasteiger partial charge in [0.2, 0.25) is 0 Å². The Hall–Kier alpha value is -3.13. The Balaban J connectivity index is 1.69. The number of aromatic nitrogens is 2. The number of anilines is 1. The number of benzene rings is 2. The molecular weight excluding hydrogens is 366 g/mol. The number of nitrogens with zero attached hydrogens (tertiary/aromatic N) is 2. The fourth-order valence-corrected chi connectivity index (χ4v) is 2.93. The molecule has 1 heterocycles. The van der Waals surface area contributed by atoms with E-state index < -0.39 is 0 Å². The summed E-state index contributed by atoms with van der Waals surface area (Å²) < 4.78 is 24.5. The van der Waals surface area contributed by atoms with Crippen molar-refractivity contribution >= 4 is 23.3 Å². The van der Waals surface area contributed by atoms with Crippen LogP contribution in [0.2, 0.25) is 0 Å². The third kappa shape index (κ3) is 4.53. The van der Waals surface area contributed by atoms with E-state index in [0.717, 1.165) is 23.1 Å². The van der Waals surface area contributed by atoms with Crippen molar-refractivity contribution in [3.05, 3.63) is 59.4 Å². The minimum atomic E-state index is -0.251. The van der Waals surface area contributed by atoms with E-state index >= 15 is 0 Å². The predicted octanol–water partition coefficient (Wildman–Crippen LogP) is 3.70. The zero-order valence-electron chi connectivity index (χ0n) is 15.2. The van der Waals surface area contributed by atoms with E-state index in [9.17, 15) is 4.79 Å². The quantitative estimate of drug-likeness (QED) is 0.668. The summed E-state index contributed by atoms with van der Waals surface area (Å²) in [6, 6.07) is 12.2. The number of methoxy groups -OCH3 is 2. The van der Waals surface area contributed by atoms with E-state index in [1.165, 1.54) is 0 Å². The average Bonchev–Trinajstić information content (AvgIpc) is 3.11. The predicted molar refractivity (Wildman–Crippen MR) is 103 cm³/mol. The zero-order chi connectivity index (χ0) is 19.2. The van der Waals surface area contributed by atoms with Crippen molar-refractivity contribution in [2.24, 2.45) is 0 Å². The second kappa shape index (κ2) is 8.50. The van der Waals surface area contributed by atoms with Gasteiger partial charge in [-0.1, -0.05) is 6.07 Å². The Morgan fingerprint density at radius 3 is 2.59 bits per heavy atom. The number of hydrogen-bond donors (Lipinski definition) is 1. The van der Waals surface area contributed by atoms with Crippen molar-refractivity contribution in [2.75, 3.05) is 19.5 Å². The first-order valence-electron chi connectivity index (χ1n) is 8.15. The molecule has 7 nitrogen and oxygen atoms in total. The van der Waals surface area contributed by atoms with E-state index in [-0.39, 0.29) is 5.91 Å². The van der Waals surface area contributed by atoms with Crippen LogP contribution in [0.4, 0.5) is 5.69 Å². The Bertz CT molecular complexity index is 942. The molecule has 3 aromatic rings. The standard InChI is InChI=1S/C19H19N3O4S/c1-12-16(22-27-21-12)11-26-15-6-4-5-13(9-15)19(23)20-14-7-8-17(24-2)18(10-14)25-3/h4-10H,11H2,1-3H3,(H,20,23). The van der Waals surface area contributed by atoms with Crippen LogP contribution < -0.4 is 19.5 Å². The number of carbonyl (C=O) groups is 1. The molecule has 1 amide bonds. The number of rotatable bonds is 7. The Labute approximate surface area is 161 Å². The first kappa shape index (κ1) is 18.7. The smallest absolute Gasteiger partial charge is 0.255 e. The van der Waals surface area contributed by atoms with Gasteiger partial charge in [0.25, 0.3) is 5.91 Å². The van der Waals surface area contributed by atoms with Crippen LogP contribution in [0.5, 0.6) is 17.2 Å². The van der Waals surface area contributed by atoms with Gasteiger partial charge in [-0.3, -0.25) is 4.79 Å². The Kier molecular flexibility index (Phi) is 5.87. The van der Waals surface area contributed by atoms with Gasteiger partial charge in [0.05, 0.1) is 31.6 Å². The summed E-state index contributed by atoms with van der Waals surface area (Å²) in [5.41, 5.74) is 2.73. The molecule has 0 radical (unpaired) electrons. The highest BCUT2D eigenvalue weighted by atomic mass is 32.1. The zero-order valence-corrected chi connectivity index (χ0v) is 16.0. The molecule has 0 saturated heterocycles. The van der Waals surface area contributed by atoms with E-state index in [0.29, 0.717) is 35.1 Å². The summed E-state index contributed by atoms with van der Waals surface area (Å²) in [7, 11) is 3.11. The molecule has 0 aliphatic heterocycles. The van der Waals surface area contributed by atoms with Crippen molar-refractivity contribution < 1.29 is 19.0 Å². The molecule has 140 valence electrons. The van der Waals surface area contributed by atoms with Crippen molar-refractivity contribution in [1.82, 2.24) is 8.75 Å². The monoisotopic (exact) mass is 385 g/mol. The molecule has 1 aromatic heterocycles. The molecule has 3 rings (SSSR count). The van der Waals surface area contributed by atoms with Gasteiger partial charge in [-0.25, -0.2) is 0 Å². The van der Waals surface area contributed by atoms with Crippen LogP contribution in [-0.4, -0.2) is 28.9 Å². The van der Waals surface area contributed by atoms with E-state index in [1.807, 2.05) is 6.92 Å². The highest BCUT2D eigenvalue weighted by Crippen LogP contribution is 2.30. The van der Waals surface area contributed by atoms with Gasteiger partial charge in [0.1, 0.15) is 18.1 Å². The molecule has 0 spiro atoms. The highest BCUT2D eigenvalue weighted by molar-refractivity contribution is 6.99. The molecule has 0 saturated carbocycles. The van der Waals surface area contributed by atoms with Crippen molar-refractivity contribution in [2.45, 2.75) is 13.5 Å². The highest BCUT2D eigenvalue weighted by Gasteiger charge is 2.11. The lowest BCUT2D eigenvalue weighted by Crippen LogP contribution is -2.12. The number of amides is 1. The van der Waals surface area contributed by atoms with Crippen molar-refractivity contribution in [3.63, 3.8) is 0 Å². The van der Waals surface area contributed by atoms with Gasteiger partial charge in [0, 0.05) is 17.3 Å². The maximum absolute atomic E-state index is 12.5. The summed E-state index contributed by atoms with van der Waals surface area (Å²) in [6.45, 7) is 2.19. The molecule has 0 unspecified atom stereocenters. The van der Waals surface area contributed by atoms with Crippen molar-refractivity contribution in [1.29, 1.82) is 0 Å². The number of nitrogens with one attached hydrogen (secondary N) is 1. The largest absolute Gasteiger partial charge is 0.493 e. The second-order valence-corrected chi connectivity index (χ2v) is 6.17. The minimum absolute atomic E-state index is 0.251. The lowest BCUT2D eigenvalue weighted by atomic mass is 10.2. The van der Waals surface area contributed by atoms with Crippen LogP contribution in [0.15, 0.2) is 42.5 Å².